The highest BCUT2D eigenvalue weighted by Gasteiger charge is 2.40. The van der Waals surface area contributed by atoms with Gasteiger partial charge < -0.3 is 13.3 Å². The molecule has 0 aliphatic rings. The van der Waals surface area contributed by atoms with Gasteiger partial charge >= 0.3 is 8.80 Å². The van der Waals surface area contributed by atoms with E-state index in [1.165, 1.54) is 11.5 Å². The van der Waals surface area contributed by atoms with Gasteiger partial charge in [-0.3, -0.25) is 4.68 Å². The highest BCUT2D eigenvalue weighted by molar-refractivity contribution is 7.80. The van der Waals surface area contributed by atoms with Crippen LogP contribution in [0.3, 0.4) is 0 Å². The maximum Gasteiger partial charge on any atom is 0.501 e. The second-order valence-corrected chi connectivity index (χ2v) is 9.54. The number of thiol groups is 1. The number of hydrogen-bond acceptors (Lipinski definition) is 5. The molecule has 0 aliphatic carbocycles. The van der Waals surface area contributed by atoms with Crippen LogP contribution in [0.25, 0.3) is 0 Å². The average molecular weight is 382 g/mol. The Morgan fingerprint density at radius 1 is 1.04 bits per heavy atom. The summed E-state index contributed by atoms with van der Waals surface area (Å²) in [7, 11) is -2.58. The molecule has 6 nitrogen and oxygen atoms in total. The first-order valence-corrected chi connectivity index (χ1v) is 11.6. The van der Waals surface area contributed by atoms with Crippen LogP contribution in [0.4, 0.5) is 0 Å². The zero-order valence-electron chi connectivity index (χ0n) is 14.5. The molecule has 0 amide bonds. The van der Waals surface area contributed by atoms with E-state index in [2.05, 4.69) is 38.8 Å². The van der Waals surface area contributed by atoms with E-state index in [0.29, 0.717) is 19.8 Å². The number of aromatic nitrogens is 3. The van der Waals surface area contributed by atoms with Crippen molar-refractivity contribution >= 4 is 33.2 Å². The van der Waals surface area contributed by atoms with Gasteiger partial charge in [0.1, 0.15) is 0 Å². The van der Waals surface area contributed by atoms with Gasteiger partial charge in [0.25, 0.3) is 0 Å². The number of H-pyrrole nitrogens is 1. The standard InChI is InChI=1S/C14H31N3O3S2Si/c1-4-10-18-23(19-11-5-2,20-12-6-3)14-7-8-16-9-13-22-17(21)15-16/h9,13,15,21H,4-8,10-12,14H2,1-3H3. The predicted molar refractivity (Wildman–Crippen MR) is 101 cm³/mol. The molecule has 0 fully saturated rings. The predicted octanol–water partition coefficient (Wildman–Crippen LogP) is 4.11. The molecule has 0 spiro atoms. The van der Waals surface area contributed by atoms with Crippen LogP contribution < -0.4 is 0 Å². The molecule has 1 rings (SSSR count). The summed E-state index contributed by atoms with van der Waals surface area (Å²) in [6.07, 6.45) is 5.87. The van der Waals surface area contributed by atoms with Crippen molar-refractivity contribution in [1.82, 2.24) is 13.4 Å². The summed E-state index contributed by atoms with van der Waals surface area (Å²) < 4.78 is 22.0. The lowest BCUT2D eigenvalue weighted by molar-refractivity contribution is 0.0584. The van der Waals surface area contributed by atoms with Gasteiger partial charge in [0.05, 0.1) is 0 Å². The normalized spacial score (nSPS) is 11.8. The molecule has 0 aromatic carbocycles. The Hall–Kier alpha value is -0.193. The van der Waals surface area contributed by atoms with Crippen molar-refractivity contribution in [2.75, 3.05) is 19.8 Å². The maximum atomic E-state index is 6.10. The monoisotopic (exact) mass is 381 g/mol. The Balaban J connectivity index is 2.64. The van der Waals surface area contributed by atoms with Gasteiger partial charge in [-0.2, -0.15) is 3.48 Å². The van der Waals surface area contributed by atoms with Crippen molar-refractivity contribution in [2.24, 2.45) is 0 Å². The number of nitrogens with zero attached hydrogens (tertiary/aromatic N) is 2. The van der Waals surface area contributed by atoms with Crippen LogP contribution >= 0.6 is 24.3 Å². The topological polar surface area (TPSA) is 53.3 Å². The average Bonchev–Trinajstić information content (AvgIpc) is 2.56. The van der Waals surface area contributed by atoms with E-state index in [4.69, 9.17) is 13.3 Å². The van der Waals surface area contributed by atoms with Crippen molar-refractivity contribution in [3.63, 3.8) is 0 Å². The molecule has 23 heavy (non-hydrogen) atoms. The Labute approximate surface area is 150 Å². The number of nitrogens with one attached hydrogen (secondary N) is 1. The summed E-state index contributed by atoms with van der Waals surface area (Å²) in [5.74, 6) is 0. The minimum atomic E-state index is -2.58. The number of aromatic amines is 1. The summed E-state index contributed by atoms with van der Waals surface area (Å²) >= 11 is 5.76. The highest BCUT2D eigenvalue weighted by Crippen LogP contribution is 2.20. The number of hydrogen-bond donors (Lipinski definition) is 2. The van der Waals surface area contributed by atoms with Crippen LogP contribution in [-0.2, 0) is 19.8 Å². The van der Waals surface area contributed by atoms with Crippen molar-refractivity contribution in [3.05, 3.63) is 11.6 Å². The van der Waals surface area contributed by atoms with E-state index in [-0.39, 0.29) is 0 Å². The fourth-order valence-corrected chi connectivity index (χ4v) is 5.60. The van der Waals surface area contributed by atoms with E-state index in [0.717, 1.165) is 38.3 Å². The van der Waals surface area contributed by atoms with Crippen LogP contribution in [0.15, 0.2) is 11.6 Å². The second kappa shape index (κ2) is 12.2. The van der Waals surface area contributed by atoms with Gasteiger partial charge in [0, 0.05) is 44.0 Å². The first-order valence-electron chi connectivity index (χ1n) is 8.43. The van der Waals surface area contributed by atoms with Crippen molar-refractivity contribution in [2.45, 2.75) is 59.0 Å². The number of rotatable bonds is 13. The molecule has 0 aliphatic heterocycles. The van der Waals surface area contributed by atoms with Crippen LogP contribution in [0.2, 0.25) is 6.04 Å². The summed E-state index contributed by atoms with van der Waals surface area (Å²) in [5, 5.41) is 5.12. The molecule has 0 saturated heterocycles. The van der Waals surface area contributed by atoms with E-state index in [1.54, 1.807) is 3.48 Å². The fourth-order valence-electron chi connectivity index (χ4n) is 2.03. The van der Waals surface area contributed by atoms with Gasteiger partial charge in [-0.1, -0.05) is 20.8 Å². The van der Waals surface area contributed by atoms with Gasteiger partial charge in [0.2, 0.25) is 0 Å². The van der Waals surface area contributed by atoms with Crippen LogP contribution in [0.5, 0.6) is 0 Å². The second-order valence-electron chi connectivity index (χ2n) is 5.29. The van der Waals surface area contributed by atoms with Crippen molar-refractivity contribution in [1.29, 1.82) is 0 Å². The molecular formula is C14H31N3O3S2Si. The molecule has 0 atom stereocenters. The Kier molecular flexibility index (Phi) is 11.1. The van der Waals surface area contributed by atoms with Crippen molar-refractivity contribution < 1.29 is 13.3 Å². The Bertz CT molecular complexity index is 422. The molecular weight excluding hydrogens is 350 g/mol. The largest absolute Gasteiger partial charge is 0.501 e. The molecule has 9 heteroatoms. The SMILES string of the molecule is CCCO[Si](CCCn1ccsn(S)[nH]1)(OCCC)OCCC. The molecule has 0 radical (unpaired) electrons. The molecule has 1 aromatic rings. The first kappa shape index (κ1) is 20.9. The van der Waals surface area contributed by atoms with E-state index in [9.17, 15) is 0 Å². The third-order valence-electron chi connectivity index (χ3n) is 3.08. The maximum absolute atomic E-state index is 6.10. The van der Waals surface area contributed by atoms with E-state index < -0.39 is 8.80 Å². The summed E-state index contributed by atoms with van der Waals surface area (Å²) in [4.78, 5) is 0. The van der Waals surface area contributed by atoms with Gasteiger partial charge in [-0.15, -0.1) is 0 Å². The van der Waals surface area contributed by atoms with Crippen LogP contribution in [0, 0.1) is 0 Å². The zero-order valence-corrected chi connectivity index (χ0v) is 17.2. The Morgan fingerprint density at radius 3 is 2.09 bits per heavy atom. The summed E-state index contributed by atoms with van der Waals surface area (Å²) in [5.41, 5.74) is 0. The highest BCUT2D eigenvalue weighted by atomic mass is 32.2. The lowest BCUT2D eigenvalue weighted by Crippen LogP contribution is -2.46. The van der Waals surface area contributed by atoms with Gasteiger partial charge in [-0.05, 0) is 50.0 Å². The first-order chi connectivity index (χ1) is 11.2. The summed E-state index contributed by atoms with van der Waals surface area (Å²) in [6, 6.07) is 0.832. The van der Waals surface area contributed by atoms with Gasteiger partial charge in [-0.25, -0.2) is 5.21 Å². The quantitative estimate of drug-likeness (QED) is 0.399. The minimum Gasteiger partial charge on any atom is -0.373 e. The van der Waals surface area contributed by atoms with E-state index in [1.807, 2.05) is 16.3 Å². The third kappa shape index (κ3) is 8.46. The molecule has 0 unspecified atom stereocenters. The zero-order chi connectivity index (χ0) is 17.0. The molecule has 1 heterocycles. The number of aryl methyl sites for hydroxylation is 1. The molecule has 1 aromatic heterocycles. The molecule has 0 bridgehead atoms. The third-order valence-corrected chi connectivity index (χ3v) is 6.87. The lowest BCUT2D eigenvalue weighted by Gasteiger charge is -2.29. The summed E-state index contributed by atoms with van der Waals surface area (Å²) in [6.45, 7) is 9.28. The van der Waals surface area contributed by atoms with Crippen LogP contribution in [-0.4, -0.2) is 42.0 Å². The molecule has 136 valence electrons. The van der Waals surface area contributed by atoms with E-state index >= 15 is 0 Å². The van der Waals surface area contributed by atoms with Gasteiger partial charge in [0.15, 0.2) is 0 Å². The lowest BCUT2D eigenvalue weighted by atomic mass is 10.5. The van der Waals surface area contributed by atoms with Crippen molar-refractivity contribution in [3.8, 4) is 0 Å². The van der Waals surface area contributed by atoms with Crippen LogP contribution in [0.1, 0.15) is 46.5 Å². The fraction of sp³-hybridized carbons (Fsp3) is 0.857. The molecule has 1 N–H and O–H groups in total. The Morgan fingerprint density at radius 2 is 1.61 bits per heavy atom. The molecule has 0 saturated carbocycles. The smallest absolute Gasteiger partial charge is 0.373 e. The minimum absolute atomic E-state index is 0.697.